The summed E-state index contributed by atoms with van der Waals surface area (Å²) in [6, 6.07) is 20.0. The predicted octanol–water partition coefficient (Wildman–Crippen LogP) is 4.55. The van der Waals surface area contributed by atoms with Crippen molar-refractivity contribution in [2.45, 2.75) is 25.5 Å². The maximum Gasteiger partial charge on any atom is 0.255 e. The number of amides is 2. The Bertz CT molecular complexity index is 1060. The van der Waals surface area contributed by atoms with Gasteiger partial charge in [-0.05, 0) is 66.9 Å². The summed E-state index contributed by atoms with van der Waals surface area (Å²) < 4.78 is 18.7. The zero-order valence-electron chi connectivity index (χ0n) is 16.2. The molecule has 0 aromatic heterocycles. The molecule has 1 fully saturated rings. The van der Waals surface area contributed by atoms with Crippen LogP contribution in [0.2, 0.25) is 0 Å². The van der Waals surface area contributed by atoms with E-state index in [0.717, 1.165) is 18.4 Å². The largest absolute Gasteiger partial charge is 0.489 e. The number of nitrogens with one attached hydrogen (secondary N) is 2. The smallest absolute Gasteiger partial charge is 0.255 e. The Hall–Kier alpha value is -3.67. The lowest BCUT2D eigenvalue weighted by Crippen LogP contribution is -2.25. The van der Waals surface area contributed by atoms with Crippen LogP contribution in [0.3, 0.4) is 0 Å². The first-order valence-electron chi connectivity index (χ1n) is 9.76. The highest BCUT2D eigenvalue weighted by Gasteiger charge is 2.23. The van der Waals surface area contributed by atoms with Gasteiger partial charge in [0, 0.05) is 22.9 Å². The van der Waals surface area contributed by atoms with Gasteiger partial charge in [-0.15, -0.1) is 0 Å². The highest BCUT2D eigenvalue weighted by molar-refractivity contribution is 6.05. The van der Waals surface area contributed by atoms with Gasteiger partial charge in [-0.25, -0.2) is 4.39 Å². The molecule has 3 aromatic carbocycles. The third kappa shape index (κ3) is 5.23. The molecule has 0 aliphatic heterocycles. The van der Waals surface area contributed by atoms with Gasteiger partial charge in [-0.1, -0.05) is 24.3 Å². The fourth-order valence-electron chi connectivity index (χ4n) is 2.91. The number of ether oxygens (including phenoxy) is 1. The Morgan fingerprint density at radius 2 is 1.60 bits per heavy atom. The van der Waals surface area contributed by atoms with E-state index in [1.807, 2.05) is 0 Å². The molecule has 152 valence electrons. The second-order valence-corrected chi connectivity index (χ2v) is 7.23. The SMILES string of the molecule is O=C(Nc1cccc(C(=O)NC2CC2)c1)c1cccc(OCc2ccc(F)cc2)c1. The predicted molar refractivity (Wildman–Crippen MR) is 112 cm³/mol. The molecule has 2 N–H and O–H groups in total. The lowest BCUT2D eigenvalue weighted by Gasteiger charge is -2.10. The Kier molecular flexibility index (Phi) is 5.75. The van der Waals surface area contributed by atoms with E-state index in [9.17, 15) is 14.0 Å². The van der Waals surface area contributed by atoms with Gasteiger partial charge >= 0.3 is 0 Å². The molecule has 4 rings (SSSR count). The van der Waals surface area contributed by atoms with Crippen molar-refractivity contribution in [1.82, 2.24) is 5.32 Å². The van der Waals surface area contributed by atoms with Gasteiger partial charge < -0.3 is 15.4 Å². The number of rotatable bonds is 7. The van der Waals surface area contributed by atoms with Crippen LogP contribution >= 0.6 is 0 Å². The third-order valence-corrected chi connectivity index (χ3v) is 4.71. The summed E-state index contributed by atoms with van der Waals surface area (Å²) in [6.45, 7) is 0.267. The van der Waals surface area contributed by atoms with Crippen molar-refractivity contribution in [3.8, 4) is 5.75 Å². The first kappa shape index (κ1) is 19.6. The van der Waals surface area contributed by atoms with Gasteiger partial charge in [0.2, 0.25) is 0 Å². The maximum atomic E-state index is 13.0. The van der Waals surface area contributed by atoms with Crippen LogP contribution in [0.1, 0.15) is 39.1 Å². The van der Waals surface area contributed by atoms with E-state index in [4.69, 9.17) is 4.74 Å². The molecular weight excluding hydrogens is 383 g/mol. The third-order valence-electron chi connectivity index (χ3n) is 4.71. The van der Waals surface area contributed by atoms with Crippen LogP contribution in [0.4, 0.5) is 10.1 Å². The van der Waals surface area contributed by atoms with Crippen LogP contribution in [-0.2, 0) is 6.61 Å². The Labute approximate surface area is 173 Å². The molecule has 2 amide bonds. The number of halogens is 1. The van der Waals surface area contributed by atoms with Crippen LogP contribution in [0.5, 0.6) is 5.75 Å². The van der Waals surface area contributed by atoms with Crippen molar-refractivity contribution < 1.29 is 18.7 Å². The van der Waals surface area contributed by atoms with Gasteiger partial charge in [0.25, 0.3) is 11.8 Å². The van der Waals surface area contributed by atoms with E-state index < -0.39 is 0 Å². The topological polar surface area (TPSA) is 67.4 Å². The molecule has 3 aromatic rings. The van der Waals surface area contributed by atoms with E-state index in [0.29, 0.717) is 22.6 Å². The number of carbonyl (C=O) groups excluding carboxylic acids is 2. The standard InChI is InChI=1S/C24H21FN2O3/c25-19-9-7-16(8-10-19)15-30-22-6-2-4-18(14-22)24(29)27-21-5-1-3-17(13-21)23(28)26-20-11-12-20/h1-10,13-14,20H,11-12,15H2,(H,26,28)(H,27,29). The lowest BCUT2D eigenvalue weighted by molar-refractivity contribution is 0.0949. The van der Waals surface area contributed by atoms with Crippen LogP contribution in [0, 0.1) is 5.82 Å². The summed E-state index contributed by atoms with van der Waals surface area (Å²) in [5.41, 5.74) is 2.31. The monoisotopic (exact) mass is 404 g/mol. The van der Waals surface area contributed by atoms with Gasteiger partial charge in [0.05, 0.1) is 0 Å². The molecule has 1 aliphatic rings. The number of carbonyl (C=O) groups is 2. The summed E-state index contributed by atoms with van der Waals surface area (Å²) in [7, 11) is 0. The van der Waals surface area contributed by atoms with Crippen LogP contribution < -0.4 is 15.4 Å². The Morgan fingerprint density at radius 3 is 2.33 bits per heavy atom. The van der Waals surface area contributed by atoms with Crippen molar-refractivity contribution in [2.24, 2.45) is 0 Å². The molecule has 6 heteroatoms. The van der Waals surface area contributed by atoms with Crippen molar-refractivity contribution >= 4 is 17.5 Å². The molecule has 1 aliphatic carbocycles. The number of anilines is 1. The van der Waals surface area contributed by atoms with Crippen LogP contribution in [0.15, 0.2) is 72.8 Å². The molecule has 0 bridgehead atoms. The summed E-state index contributed by atoms with van der Waals surface area (Å²) >= 11 is 0. The first-order valence-corrected chi connectivity index (χ1v) is 9.76. The molecule has 0 atom stereocenters. The van der Waals surface area contributed by atoms with Gasteiger partial charge in [0.1, 0.15) is 18.2 Å². The molecule has 1 saturated carbocycles. The summed E-state index contributed by atoms with van der Waals surface area (Å²) in [5.74, 6) is -0.206. The van der Waals surface area contributed by atoms with Gasteiger partial charge in [-0.3, -0.25) is 9.59 Å². The number of hydrogen-bond donors (Lipinski definition) is 2. The van der Waals surface area contributed by atoms with Gasteiger partial charge in [-0.2, -0.15) is 0 Å². The minimum atomic E-state index is -0.304. The minimum Gasteiger partial charge on any atom is -0.489 e. The van der Waals surface area contributed by atoms with E-state index >= 15 is 0 Å². The number of benzene rings is 3. The van der Waals surface area contributed by atoms with Crippen LogP contribution in [0.25, 0.3) is 0 Å². The van der Waals surface area contributed by atoms with Crippen molar-refractivity contribution in [1.29, 1.82) is 0 Å². The fourth-order valence-corrected chi connectivity index (χ4v) is 2.91. The Balaban J connectivity index is 1.39. The minimum absolute atomic E-state index is 0.134. The maximum absolute atomic E-state index is 13.0. The molecule has 0 radical (unpaired) electrons. The molecule has 0 unspecified atom stereocenters. The molecule has 0 heterocycles. The molecular formula is C24H21FN2O3. The molecule has 30 heavy (non-hydrogen) atoms. The highest BCUT2D eigenvalue weighted by Crippen LogP contribution is 2.21. The van der Waals surface area contributed by atoms with E-state index in [1.165, 1.54) is 12.1 Å². The van der Waals surface area contributed by atoms with Crippen molar-refractivity contribution in [3.63, 3.8) is 0 Å². The van der Waals surface area contributed by atoms with Crippen molar-refractivity contribution in [3.05, 3.63) is 95.3 Å². The average Bonchev–Trinajstić information content (AvgIpc) is 3.58. The van der Waals surface area contributed by atoms with E-state index in [2.05, 4.69) is 10.6 Å². The van der Waals surface area contributed by atoms with E-state index in [1.54, 1.807) is 60.7 Å². The summed E-state index contributed by atoms with van der Waals surface area (Å²) in [5, 5.41) is 5.74. The summed E-state index contributed by atoms with van der Waals surface area (Å²) in [4.78, 5) is 24.8. The first-order chi connectivity index (χ1) is 14.6. The average molecular weight is 404 g/mol. The molecule has 0 saturated heterocycles. The Morgan fingerprint density at radius 1 is 0.900 bits per heavy atom. The van der Waals surface area contributed by atoms with Gasteiger partial charge in [0.15, 0.2) is 0 Å². The number of hydrogen-bond acceptors (Lipinski definition) is 3. The zero-order valence-corrected chi connectivity index (χ0v) is 16.2. The molecule has 5 nitrogen and oxygen atoms in total. The normalized spacial score (nSPS) is 12.8. The second kappa shape index (κ2) is 8.78. The highest BCUT2D eigenvalue weighted by atomic mass is 19.1. The summed E-state index contributed by atoms with van der Waals surface area (Å²) in [6.07, 6.45) is 2.03. The quantitative estimate of drug-likeness (QED) is 0.607. The van der Waals surface area contributed by atoms with Crippen molar-refractivity contribution in [2.75, 3.05) is 5.32 Å². The zero-order chi connectivity index (χ0) is 20.9. The van der Waals surface area contributed by atoms with E-state index in [-0.39, 0.29) is 30.3 Å². The lowest BCUT2D eigenvalue weighted by atomic mass is 10.1. The molecule has 0 spiro atoms. The fraction of sp³-hybridized carbons (Fsp3) is 0.167. The second-order valence-electron chi connectivity index (χ2n) is 7.23. The van der Waals surface area contributed by atoms with Crippen LogP contribution in [-0.4, -0.2) is 17.9 Å².